The highest BCUT2D eigenvalue weighted by atomic mass is 35.5. The van der Waals surface area contributed by atoms with Crippen LogP contribution in [0.3, 0.4) is 0 Å². The SMILES string of the molecule is C=C1N[C@H](COc2cc(Cl)c(-c3nc(-c4cn5cc(C(F)(F)F)cc(Cl)c5n4)no3)cc2Cl)CC1(F)F. The second-order valence-corrected chi connectivity index (χ2v) is 9.38. The van der Waals surface area contributed by atoms with Gasteiger partial charge in [0.2, 0.25) is 5.82 Å². The lowest BCUT2D eigenvalue weighted by atomic mass is 10.2. The van der Waals surface area contributed by atoms with Crippen molar-refractivity contribution in [2.45, 2.75) is 24.6 Å². The summed E-state index contributed by atoms with van der Waals surface area (Å²) in [5.41, 5.74) is -0.925. The van der Waals surface area contributed by atoms with E-state index in [2.05, 4.69) is 27.0 Å². The largest absolute Gasteiger partial charge is 0.490 e. The highest BCUT2D eigenvalue weighted by Crippen LogP contribution is 2.38. The van der Waals surface area contributed by atoms with Gasteiger partial charge in [-0.05, 0) is 12.1 Å². The fourth-order valence-electron chi connectivity index (χ4n) is 3.69. The van der Waals surface area contributed by atoms with E-state index in [4.69, 9.17) is 44.1 Å². The van der Waals surface area contributed by atoms with Crippen molar-refractivity contribution in [3.8, 4) is 28.7 Å². The maximum Gasteiger partial charge on any atom is 0.417 e. The molecule has 0 radical (unpaired) electrons. The zero-order valence-corrected chi connectivity index (χ0v) is 20.5. The quantitative estimate of drug-likeness (QED) is 0.258. The Balaban J connectivity index is 1.37. The monoisotopic (exact) mass is 579 g/mol. The number of fused-ring (bicyclic) bond motifs is 1. The lowest BCUT2D eigenvalue weighted by Crippen LogP contribution is -2.27. The molecule has 1 fully saturated rings. The van der Waals surface area contributed by atoms with E-state index >= 15 is 0 Å². The maximum atomic E-state index is 13.6. The molecule has 1 saturated heterocycles. The average molecular weight is 581 g/mol. The molecule has 1 aliphatic heterocycles. The van der Waals surface area contributed by atoms with Gasteiger partial charge in [-0.1, -0.05) is 46.5 Å². The van der Waals surface area contributed by atoms with Crippen LogP contribution < -0.4 is 10.1 Å². The molecule has 194 valence electrons. The highest BCUT2D eigenvalue weighted by Gasteiger charge is 2.43. The van der Waals surface area contributed by atoms with Gasteiger partial charge in [0, 0.05) is 24.9 Å². The van der Waals surface area contributed by atoms with Crippen molar-refractivity contribution in [3.63, 3.8) is 0 Å². The van der Waals surface area contributed by atoms with Crippen LogP contribution in [0.2, 0.25) is 15.1 Å². The first-order valence-electron chi connectivity index (χ1n) is 10.4. The summed E-state index contributed by atoms with van der Waals surface area (Å²) < 4.78 is 78.4. The zero-order chi connectivity index (χ0) is 26.7. The molecule has 37 heavy (non-hydrogen) atoms. The minimum Gasteiger partial charge on any atom is -0.490 e. The van der Waals surface area contributed by atoms with Gasteiger partial charge in [0.1, 0.15) is 18.1 Å². The number of allylic oxidation sites excluding steroid dienone is 1. The molecule has 1 aromatic carbocycles. The standard InChI is InChI=1S/C22H13Cl3F5N5O2/c1-9-21(26,27)5-11(31-9)8-36-17-4-13(23)12(3-14(17)24)20-33-18(34-37-20)16-7-35-6-10(22(28,29)30)2-15(25)19(35)32-16/h2-4,6-7,11,31H,1,5,8H2/t11-/m0/s1. The molecule has 0 aliphatic carbocycles. The van der Waals surface area contributed by atoms with E-state index < -0.39 is 30.1 Å². The van der Waals surface area contributed by atoms with Crippen LogP contribution in [0.5, 0.6) is 5.75 Å². The Kier molecular flexibility index (Phi) is 6.24. The van der Waals surface area contributed by atoms with Crippen LogP contribution in [0.4, 0.5) is 22.0 Å². The van der Waals surface area contributed by atoms with Crippen LogP contribution in [-0.4, -0.2) is 38.1 Å². The van der Waals surface area contributed by atoms with Gasteiger partial charge in [-0.2, -0.15) is 26.9 Å². The second kappa shape index (κ2) is 9.03. The van der Waals surface area contributed by atoms with Gasteiger partial charge < -0.3 is 19.0 Å². The van der Waals surface area contributed by atoms with Crippen molar-refractivity contribution in [3.05, 3.63) is 63.5 Å². The number of hydrogen-bond donors (Lipinski definition) is 1. The summed E-state index contributed by atoms with van der Waals surface area (Å²) in [4.78, 5) is 8.38. The second-order valence-electron chi connectivity index (χ2n) is 8.16. The molecule has 0 unspecified atom stereocenters. The summed E-state index contributed by atoms with van der Waals surface area (Å²) in [6.45, 7) is 3.19. The van der Waals surface area contributed by atoms with E-state index in [0.29, 0.717) is 0 Å². The molecule has 0 spiro atoms. The fraction of sp³-hybridized carbons (Fsp3) is 0.227. The lowest BCUT2D eigenvalue weighted by Gasteiger charge is -2.14. The predicted molar refractivity (Wildman–Crippen MR) is 125 cm³/mol. The van der Waals surface area contributed by atoms with Crippen molar-refractivity contribution in [2.24, 2.45) is 0 Å². The van der Waals surface area contributed by atoms with Crippen molar-refractivity contribution in [1.82, 2.24) is 24.8 Å². The number of hydrogen-bond acceptors (Lipinski definition) is 6. The van der Waals surface area contributed by atoms with Gasteiger partial charge in [0.05, 0.1) is 37.9 Å². The Labute approximate surface area is 219 Å². The van der Waals surface area contributed by atoms with Crippen LogP contribution in [0, 0.1) is 0 Å². The van der Waals surface area contributed by atoms with Gasteiger partial charge in [0.15, 0.2) is 5.65 Å². The van der Waals surface area contributed by atoms with Gasteiger partial charge >= 0.3 is 6.18 Å². The molecule has 1 N–H and O–H groups in total. The molecular formula is C22H13Cl3F5N5O2. The molecule has 4 aromatic rings. The van der Waals surface area contributed by atoms with E-state index in [1.54, 1.807) is 0 Å². The minimum atomic E-state index is -4.60. The smallest absolute Gasteiger partial charge is 0.417 e. The van der Waals surface area contributed by atoms with Gasteiger partial charge in [0.25, 0.3) is 11.8 Å². The van der Waals surface area contributed by atoms with Crippen molar-refractivity contribution in [1.29, 1.82) is 0 Å². The molecular weight excluding hydrogens is 568 g/mol. The van der Waals surface area contributed by atoms with Crippen molar-refractivity contribution < 1.29 is 31.2 Å². The Morgan fingerprint density at radius 2 is 1.86 bits per heavy atom. The number of pyridine rings is 1. The molecule has 7 nitrogen and oxygen atoms in total. The molecule has 15 heteroatoms. The normalized spacial score (nSPS) is 17.4. The van der Waals surface area contributed by atoms with E-state index in [0.717, 1.165) is 16.7 Å². The fourth-order valence-corrected chi connectivity index (χ4v) is 4.40. The Morgan fingerprint density at radius 3 is 2.54 bits per heavy atom. The number of benzene rings is 1. The van der Waals surface area contributed by atoms with Crippen molar-refractivity contribution in [2.75, 3.05) is 6.61 Å². The zero-order valence-electron chi connectivity index (χ0n) is 18.2. The van der Waals surface area contributed by atoms with Crippen LogP contribution >= 0.6 is 34.8 Å². The number of ether oxygens (including phenoxy) is 1. The molecule has 0 bridgehead atoms. The van der Waals surface area contributed by atoms with Gasteiger partial charge in [-0.3, -0.25) is 0 Å². The molecule has 1 aliphatic rings. The highest BCUT2D eigenvalue weighted by molar-refractivity contribution is 6.36. The molecule has 1 atom stereocenters. The van der Waals surface area contributed by atoms with Crippen molar-refractivity contribution >= 4 is 40.4 Å². The van der Waals surface area contributed by atoms with Crippen LogP contribution in [0.25, 0.3) is 28.6 Å². The number of rotatable bonds is 5. The molecule has 4 heterocycles. The van der Waals surface area contributed by atoms with Gasteiger partial charge in [-0.25, -0.2) is 4.98 Å². The molecule has 3 aromatic heterocycles. The van der Waals surface area contributed by atoms with Crippen LogP contribution in [-0.2, 0) is 6.18 Å². The Morgan fingerprint density at radius 1 is 1.11 bits per heavy atom. The molecule has 0 amide bonds. The Bertz CT molecular complexity index is 1540. The van der Waals surface area contributed by atoms with E-state index in [9.17, 15) is 22.0 Å². The third-order valence-electron chi connectivity index (χ3n) is 5.50. The Hall–Kier alpha value is -3.09. The maximum absolute atomic E-state index is 13.6. The summed E-state index contributed by atoms with van der Waals surface area (Å²) in [7, 11) is 0. The topological polar surface area (TPSA) is 77.5 Å². The number of imidazole rings is 1. The van der Waals surface area contributed by atoms with E-state index in [1.807, 2.05) is 0 Å². The molecule has 5 rings (SSSR count). The summed E-state index contributed by atoms with van der Waals surface area (Å²) in [6.07, 6.45) is -2.95. The first-order chi connectivity index (χ1) is 17.3. The third-order valence-corrected chi connectivity index (χ3v) is 6.39. The first-order valence-corrected chi connectivity index (χ1v) is 11.5. The molecule has 0 saturated carbocycles. The summed E-state index contributed by atoms with van der Waals surface area (Å²) >= 11 is 18.6. The predicted octanol–water partition coefficient (Wildman–Crippen LogP) is 6.92. The van der Waals surface area contributed by atoms with E-state index in [1.165, 1.54) is 18.3 Å². The van der Waals surface area contributed by atoms with Gasteiger partial charge in [-0.15, -0.1) is 0 Å². The summed E-state index contributed by atoms with van der Waals surface area (Å²) in [5, 5.41) is 6.39. The average Bonchev–Trinajstić information content (AvgIpc) is 3.51. The lowest BCUT2D eigenvalue weighted by molar-refractivity contribution is -0.137. The number of aromatic nitrogens is 4. The number of nitrogens with zero attached hydrogens (tertiary/aromatic N) is 4. The number of halogens is 8. The first kappa shape index (κ1) is 25.6. The summed E-state index contributed by atoms with van der Waals surface area (Å²) in [6, 6.07) is 2.86. The third kappa shape index (κ3) is 4.92. The van der Waals surface area contributed by atoms with E-state index in [-0.39, 0.29) is 61.7 Å². The number of nitrogens with one attached hydrogen (secondary N) is 1. The number of alkyl halides is 5. The summed E-state index contributed by atoms with van der Waals surface area (Å²) in [5.74, 6) is -2.97. The minimum absolute atomic E-state index is 0.0377. The van der Waals surface area contributed by atoms with Crippen LogP contribution in [0.15, 0.2) is 47.4 Å². The van der Waals surface area contributed by atoms with Crippen LogP contribution in [0.1, 0.15) is 12.0 Å².